The second-order valence-corrected chi connectivity index (χ2v) is 8.26. The molecule has 0 radical (unpaired) electrons. The molecule has 5 heteroatoms. The average molecular weight is 357 g/mol. The third-order valence-corrected chi connectivity index (χ3v) is 6.34. The Kier molecular flexibility index (Phi) is 5.34. The lowest BCUT2D eigenvalue weighted by Crippen LogP contribution is -2.40. The molecule has 26 heavy (non-hydrogen) atoms. The van der Waals surface area contributed by atoms with Crippen LogP contribution in [-0.4, -0.2) is 44.7 Å². The van der Waals surface area contributed by atoms with Gasteiger partial charge in [-0.3, -0.25) is 4.79 Å². The molecule has 142 valence electrons. The lowest BCUT2D eigenvalue weighted by molar-refractivity contribution is -0.122. The Balaban J connectivity index is 1.22. The summed E-state index contributed by atoms with van der Waals surface area (Å²) < 4.78 is 5.48. The van der Waals surface area contributed by atoms with Crippen molar-refractivity contribution in [3.05, 3.63) is 24.3 Å². The molecule has 3 aliphatic rings. The molecule has 0 aromatic heterocycles. The van der Waals surface area contributed by atoms with E-state index in [9.17, 15) is 4.79 Å². The smallest absolute Gasteiger partial charge is 0.220 e. The normalized spacial score (nSPS) is 30.4. The van der Waals surface area contributed by atoms with E-state index in [-0.39, 0.29) is 5.91 Å². The average Bonchev–Trinajstić information content (AvgIpc) is 3.26. The number of benzene rings is 1. The number of methoxy groups -OCH3 is 1. The lowest BCUT2D eigenvalue weighted by atomic mass is 9.89. The van der Waals surface area contributed by atoms with Crippen LogP contribution >= 0.6 is 0 Å². The number of piperidine rings is 1. The van der Waals surface area contributed by atoms with E-state index >= 15 is 0 Å². The Morgan fingerprint density at radius 2 is 1.96 bits per heavy atom. The fourth-order valence-corrected chi connectivity index (χ4v) is 5.04. The maximum atomic E-state index is 12.4. The molecule has 1 amide bonds. The van der Waals surface area contributed by atoms with Crippen LogP contribution in [-0.2, 0) is 4.79 Å². The number of para-hydroxylation sites is 2. The second-order valence-electron chi connectivity index (χ2n) is 8.26. The van der Waals surface area contributed by atoms with Gasteiger partial charge in [0.15, 0.2) is 0 Å². The Hall–Kier alpha value is -1.75. The number of rotatable bonds is 6. The molecule has 3 unspecified atom stereocenters. The highest BCUT2D eigenvalue weighted by atomic mass is 16.5. The summed E-state index contributed by atoms with van der Waals surface area (Å²) in [5.74, 6) is 2.26. The van der Waals surface area contributed by atoms with Crippen LogP contribution in [0.3, 0.4) is 0 Å². The molecule has 3 aliphatic heterocycles. The van der Waals surface area contributed by atoms with E-state index in [0.29, 0.717) is 30.3 Å². The van der Waals surface area contributed by atoms with Crippen LogP contribution in [0.15, 0.2) is 24.3 Å². The van der Waals surface area contributed by atoms with E-state index in [1.54, 1.807) is 7.11 Å². The molecular weight excluding hydrogens is 326 g/mol. The number of amides is 1. The predicted octanol–water partition coefficient (Wildman–Crippen LogP) is 2.56. The van der Waals surface area contributed by atoms with Crippen LogP contribution in [0.1, 0.15) is 38.5 Å². The van der Waals surface area contributed by atoms with Crippen molar-refractivity contribution in [1.82, 2.24) is 10.6 Å². The molecule has 3 saturated heterocycles. The lowest BCUT2D eigenvalue weighted by Gasteiger charge is -2.28. The maximum Gasteiger partial charge on any atom is 0.220 e. The fraction of sp³-hybridized carbons (Fsp3) is 0.667. The summed E-state index contributed by atoms with van der Waals surface area (Å²) >= 11 is 0. The molecule has 2 bridgehead atoms. The number of hydrogen-bond donors (Lipinski definition) is 2. The summed E-state index contributed by atoms with van der Waals surface area (Å²) in [6.45, 7) is 2.80. The van der Waals surface area contributed by atoms with Crippen molar-refractivity contribution >= 4 is 11.6 Å². The zero-order valence-corrected chi connectivity index (χ0v) is 15.7. The molecule has 3 heterocycles. The van der Waals surface area contributed by atoms with Crippen molar-refractivity contribution in [2.24, 2.45) is 11.8 Å². The van der Waals surface area contributed by atoms with Crippen molar-refractivity contribution in [1.29, 1.82) is 0 Å². The molecule has 3 atom stereocenters. The van der Waals surface area contributed by atoms with Crippen molar-refractivity contribution in [2.45, 2.75) is 50.6 Å². The molecule has 0 spiro atoms. The van der Waals surface area contributed by atoms with E-state index in [4.69, 9.17) is 4.74 Å². The van der Waals surface area contributed by atoms with Gasteiger partial charge in [-0.25, -0.2) is 0 Å². The Bertz CT molecular complexity index is 623. The molecule has 1 aromatic rings. The minimum atomic E-state index is 0.243. The minimum absolute atomic E-state index is 0.243. The minimum Gasteiger partial charge on any atom is -0.495 e. The molecular formula is C21H31N3O2. The summed E-state index contributed by atoms with van der Waals surface area (Å²) in [6.07, 6.45) is 6.77. The topological polar surface area (TPSA) is 53.6 Å². The largest absolute Gasteiger partial charge is 0.495 e. The van der Waals surface area contributed by atoms with Crippen LogP contribution in [0.25, 0.3) is 0 Å². The third kappa shape index (κ3) is 3.98. The standard InChI is InChI=1S/C21H31N3O2/c1-26-20-5-3-2-4-19(20)24-9-8-15(14-24)13-22-21(25)12-16-10-17-6-7-18(11-16)23-17/h2-5,15-18,23H,6-14H2,1H3,(H,22,25). The number of nitrogens with zero attached hydrogens (tertiary/aromatic N) is 1. The van der Waals surface area contributed by atoms with E-state index < -0.39 is 0 Å². The summed E-state index contributed by atoms with van der Waals surface area (Å²) in [5.41, 5.74) is 1.16. The number of ether oxygens (including phenoxy) is 1. The van der Waals surface area contributed by atoms with E-state index in [2.05, 4.69) is 27.7 Å². The van der Waals surface area contributed by atoms with Gasteiger partial charge in [-0.1, -0.05) is 12.1 Å². The van der Waals surface area contributed by atoms with Gasteiger partial charge in [0.1, 0.15) is 5.75 Å². The predicted molar refractivity (Wildman–Crippen MR) is 104 cm³/mol. The molecule has 0 saturated carbocycles. The highest BCUT2D eigenvalue weighted by Gasteiger charge is 2.34. The molecule has 4 rings (SSSR count). The van der Waals surface area contributed by atoms with Gasteiger partial charge in [0.25, 0.3) is 0 Å². The van der Waals surface area contributed by atoms with Gasteiger partial charge in [-0.15, -0.1) is 0 Å². The van der Waals surface area contributed by atoms with E-state index in [1.165, 1.54) is 25.7 Å². The first-order valence-corrected chi connectivity index (χ1v) is 10.1. The zero-order valence-electron chi connectivity index (χ0n) is 15.7. The Labute approximate surface area is 156 Å². The highest BCUT2D eigenvalue weighted by molar-refractivity contribution is 5.76. The van der Waals surface area contributed by atoms with Gasteiger partial charge in [-0.2, -0.15) is 0 Å². The number of carbonyl (C=O) groups excluding carboxylic acids is 1. The summed E-state index contributed by atoms with van der Waals surface area (Å²) in [7, 11) is 1.72. The molecule has 0 aliphatic carbocycles. The van der Waals surface area contributed by atoms with E-state index in [0.717, 1.165) is 37.5 Å². The number of anilines is 1. The van der Waals surface area contributed by atoms with Crippen molar-refractivity contribution < 1.29 is 9.53 Å². The molecule has 5 nitrogen and oxygen atoms in total. The third-order valence-electron chi connectivity index (χ3n) is 6.34. The van der Waals surface area contributed by atoms with Crippen LogP contribution in [0.2, 0.25) is 0 Å². The van der Waals surface area contributed by atoms with Gasteiger partial charge >= 0.3 is 0 Å². The first kappa shape index (κ1) is 17.7. The maximum absolute atomic E-state index is 12.4. The van der Waals surface area contributed by atoms with Crippen LogP contribution in [0.5, 0.6) is 5.75 Å². The van der Waals surface area contributed by atoms with Gasteiger partial charge in [-0.05, 0) is 56.1 Å². The quantitative estimate of drug-likeness (QED) is 0.822. The van der Waals surface area contributed by atoms with E-state index in [1.807, 2.05) is 12.1 Å². The highest BCUT2D eigenvalue weighted by Crippen LogP contribution is 2.33. The number of nitrogens with one attached hydrogen (secondary N) is 2. The van der Waals surface area contributed by atoms with Gasteiger partial charge in [0.05, 0.1) is 12.8 Å². The SMILES string of the molecule is COc1ccccc1N1CCC(CNC(=O)CC2CC3CCC(C2)N3)C1. The van der Waals surface area contributed by atoms with Crippen LogP contribution in [0, 0.1) is 11.8 Å². The fourth-order valence-electron chi connectivity index (χ4n) is 5.04. The zero-order chi connectivity index (χ0) is 17.9. The molecule has 2 N–H and O–H groups in total. The van der Waals surface area contributed by atoms with Crippen molar-refractivity contribution in [3.63, 3.8) is 0 Å². The van der Waals surface area contributed by atoms with Crippen LogP contribution in [0.4, 0.5) is 5.69 Å². The monoisotopic (exact) mass is 357 g/mol. The van der Waals surface area contributed by atoms with Crippen molar-refractivity contribution in [2.75, 3.05) is 31.6 Å². The summed E-state index contributed by atoms with van der Waals surface area (Å²) in [4.78, 5) is 14.8. The number of carbonyl (C=O) groups is 1. The Morgan fingerprint density at radius 3 is 2.73 bits per heavy atom. The van der Waals surface area contributed by atoms with Gasteiger partial charge in [0.2, 0.25) is 5.91 Å². The number of fused-ring (bicyclic) bond motifs is 2. The number of hydrogen-bond acceptors (Lipinski definition) is 4. The Morgan fingerprint density at radius 1 is 1.19 bits per heavy atom. The first-order valence-electron chi connectivity index (χ1n) is 10.1. The van der Waals surface area contributed by atoms with Crippen molar-refractivity contribution in [3.8, 4) is 5.75 Å². The summed E-state index contributed by atoms with van der Waals surface area (Å²) in [6, 6.07) is 9.51. The first-order chi connectivity index (χ1) is 12.7. The summed E-state index contributed by atoms with van der Waals surface area (Å²) in [5, 5.41) is 6.86. The van der Waals surface area contributed by atoms with Gasteiger partial charge in [0, 0.05) is 38.1 Å². The van der Waals surface area contributed by atoms with Crippen LogP contribution < -0.4 is 20.3 Å². The molecule has 3 fully saturated rings. The molecule has 1 aromatic carbocycles. The van der Waals surface area contributed by atoms with Gasteiger partial charge < -0.3 is 20.3 Å². The second kappa shape index (κ2) is 7.87.